The van der Waals surface area contributed by atoms with E-state index in [9.17, 15) is 0 Å². The molecule has 0 aromatic carbocycles. The zero-order chi connectivity index (χ0) is 14.4. The minimum Gasteiger partial charge on any atom is -0.469 e. The van der Waals surface area contributed by atoms with Crippen molar-refractivity contribution in [1.29, 1.82) is 0 Å². The molecule has 1 atom stereocenters. The molecule has 112 valence electrons. The highest BCUT2D eigenvalue weighted by atomic mass is 32.2. The molecule has 0 radical (unpaired) electrons. The van der Waals surface area contributed by atoms with Crippen LogP contribution < -0.4 is 5.32 Å². The van der Waals surface area contributed by atoms with Gasteiger partial charge in [-0.1, -0.05) is 25.6 Å². The van der Waals surface area contributed by atoms with E-state index in [2.05, 4.69) is 26.1 Å². The summed E-state index contributed by atoms with van der Waals surface area (Å²) in [6.45, 7) is 7.75. The zero-order valence-corrected chi connectivity index (χ0v) is 13.6. The van der Waals surface area contributed by atoms with Crippen LogP contribution in [-0.2, 0) is 6.42 Å². The maximum Gasteiger partial charge on any atom is 0.156 e. The van der Waals surface area contributed by atoms with Crippen LogP contribution in [0.3, 0.4) is 0 Å². The molecule has 0 amide bonds. The summed E-state index contributed by atoms with van der Waals surface area (Å²) < 4.78 is 5.37. The van der Waals surface area contributed by atoms with Crippen molar-refractivity contribution in [1.82, 2.24) is 5.32 Å². The summed E-state index contributed by atoms with van der Waals surface area (Å²) in [7, 11) is 0. The SMILES string of the molecule is CCC1(CC)CN=C(NC(C)CCc2ccco2)SC1. The van der Waals surface area contributed by atoms with Crippen molar-refractivity contribution in [3.8, 4) is 0 Å². The van der Waals surface area contributed by atoms with Crippen LogP contribution in [0.1, 0.15) is 45.8 Å². The summed E-state index contributed by atoms with van der Waals surface area (Å²) >= 11 is 1.89. The highest BCUT2D eigenvalue weighted by Crippen LogP contribution is 2.34. The maximum absolute atomic E-state index is 5.37. The second-order valence-corrected chi connectivity index (χ2v) is 6.74. The number of thioether (sulfide) groups is 1. The Morgan fingerprint density at radius 2 is 2.25 bits per heavy atom. The van der Waals surface area contributed by atoms with Crippen molar-refractivity contribution in [3.05, 3.63) is 24.2 Å². The smallest absolute Gasteiger partial charge is 0.156 e. The third kappa shape index (κ3) is 4.05. The van der Waals surface area contributed by atoms with E-state index in [-0.39, 0.29) is 0 Å². The summed E-state index contributed by atoms with van der Waals surface area (Å²) in [5.41, 5.74) is 0.424. The molecular formula is C16H26N2OS. The highest BCUT2D eigenvalue weighted by Gasteiger charge is 2.30. The number of hydrogen-bond donors (Lipinski definition) is 1. The molecule has 0 spiro atoms. The van der Waals surface area contributed by atoms with E-state index in [1.807, 2.05) is 23.9 Å². The van der Waals surface area contributed by atoms with Gasteiger partial charge in [0, 0.05) is 24.8 Å². The molecule has 20 heavy (non-hydrogen) atoms. The van der Waals surface area contributed by atoms with E-state index in [0.29, 0.717) is 11.5 Å². The topological polar surface area (TPSA) is 37.5 Å². The van der Waals surface area contributed by atoms with Crippen molar-refractivity contribution in [2.75, 3.05) is 12.3 Å². The number of aliphatic imine (C=N–C) groups is 1. The van der Waals surface area contributed by atoms with Crippen molar-refractivity contribution < 1.29 is 4.42 Å². The van der Waals surface area contributed by atoms with Gasteiger partial charge in [0.2, 0.25) is 0 Å². The predicted octanol–water partition coefficient (Wildman–Crippen LogP) is 4.10. The summed E-state index contributed by atoms with van der Waals surface area (Å²) in [6, 6.07) is 4.42. The maximum atomic E-state index is 5.37. The van der Waals surface area contributed by atoms with Crippen molar-refractivity contribution in [2.24, 2.45) is 10.4 Å². The lowest BCUT2D eigenvalue weighted by Gasteiger charge is -2.34. The Morgan fingerprint density at radius 3 is 2.80 bits per heavy atom. The Kier molecular flexibility index (Phi) is 5.58. The molecule has 1 aromatic rings. The molecule has 1 N–H and O–H groups in total. The average Bonchev–Trinajstić information content (AvgIpc) is 3.00. The van der Waals surface area contributed by atoms with Gasteiger partial charge in [0.25, 0.3) is 0 Å². The first-order valence-corrected chi connectivity index (χ1v) is 8.62. The van der Waals surface area contributed by atoms with E-state index in [0.717, 1.165) is 30.3 Å². The van der Waals surface area contributed by atoms with Gasteiger partial charge in [-0.25, -0.2) is 0 Å². The molecule has 1 aliphatic heterocycles. The Morgan fingerprint density at radius 1 is 1.45 bits per heavy atom. The molecule has 0 saturated heterocycles. The fourth-order valence-corrected chi connectivity index (χ4v) is 3.80. The van der Waals surface area contributed by atoms with Gasteiger partial charge in [-0.05, 0) is 43.7 Å². The highest BCUT2D eigenvalue weighted by molar-refractivity contribution is 8.13. The number of nitrogens with one attached hydrogen (secondary N) is 1. The number of nitrogens with zero attached hydrogens (tertiary/aromatic N) is 1. The molecule has 3 nitrogen and oxygen atoms in total. The molecule has 1 aromatic heterocycles. The molecule has 0 bridgehead atoms. The molecule has 4 heteroatoms. The van der Waals surface area contributed by atoms with E-state index in [4.69, 9.17) is 9.41 Å². The van der Waals surface area contributed by atoms with Gasteiger partial charge in [-0.3, -0.25) is 4.99 Å². The number of aryl methyl sites for hydroxylation is 1. The molecule has 0 saturated carbocycles. The largest absolute Gasteiger partial charge is 0.469 e. The van der Waals surface area contributed by atoms with E-state index >= 15 is 0 Å². The molecule has 1 unspecified atom stereocenters. The predicted molar refractivity (Wildman–Crippen MR) is 87.4 cm³/mol. The normalized spacial score (nSPS) is 19.4. The minimum absolute atomic E-state index is 0.424. The van der Waals surface area contributed by atoms with Gasteiger partial charge in [0.1, 0.15) is 5.76 Å². The zero-order valence-electron chi connectivity index (χ0n) is 12.8. The lowest BCUT2D eigenvalue weighted by Crippen LogP contribution is -2.38. The summed E-state index contributed by atoms with van der Waals surface area (Å²) in [5, 5.41) is 4.66. The van der Waals surface area contributed by atoms with Gasteiger partial charge >= 0.3 is 0 Å². The molecule has 2 rings (SSSR count). The lowest BCUT2D eigenvalue weighted by molar-refractivity contribution is 0.318. The van der Waals surface area contributed by atoms with Crippen LogP contribution in [0.5, 0.6) is 0 Å². The van der Waals surface area contributed by atoms with Crippen LogP contribution in [0.15, 0.2) is 27.8 Å². The standard InChI is InChI=1S/C16H26N2OS/c1-4-16(5-2)11-17-15(20-12-16)18-13(3)8-9-14-7-6-10-19-14/h6-7,10,13H,4-5,8-9,11-12H2,1-3H3,(H,17,18). The van der Waals surface area contributed by atoms with E-state index in [1.54, 1.807) is 6.26 Å². The number of hydrogen-bond acceptors (Lipinski definition) is 4. The quantitative estimate of drug-likeness (QED) is 0.858. The Balaban J connectivity index is 1.77. The molecule has 0 fully saturated rings. The lowest BCUT2D eigenvalue weighted by atomic mass is 9.84. The van der Waals surface area contributed by atoms with Crippen molar-refractivity contribution in [2.45, 2.75) is 52.5 Å². The third-order valence-corrected chi connectivity index (χ3v) is 5.62. The van der Waals surface area contributed by atoms with E-state index < -0.39 is 0 Å². The average molecular weight is 294 g/mol. The van der Waals surface area contributed by atoms with Crippen LogP contribution in [0.4, 0.5) is 0 Å². The van der Waals surface area contributed by atoms with Crippen LogP contribution in [-0.4, -0.2) is 23.5 Å². The van der Waals surface area contributed by atoms with E-state index in [1.165, 1.54) is 18.6 Å². The van der Waals surface area contributed by atoms with Crippen LogP contribution >= 0.6 is 11.8 Å². The summed E-state index contributed by atoms with van der Waals surface area (Å²) in [6.07, 6.45) is 6.24. The van der Waals surface area contributed by atoms with Crippen molar-refractivity contribution in [3.63, 3.8) is 0 Å². The second kappa shape index (κ2) is 7.21. The minimum atomic E-state index is 0.424. The number of amidine groups is 1. The summed E-state index contributed by atoms with van der Waals surface area (Å²) in [5.74, 6) is 2.25. The monoisotopic (exact) mass is 294 g/mol. The molecular weight excluding hydrogens is 268 g/mol. The van der Waals surface area contributed by atoms with Crippen molar-refractivity contribution >= 4 is 16.9 Å². The first-order chi connectivity index (χ1) is 9.67. The van der Waals surface area contributed by atoms with Gasteiger partial charge < -0.3 is 9.73 Å². The number of furan rings is 1. The Hall–Kier alpha value is -0.900. The van der Waals surface area contributed by atoms with Gasteiger partial charge in [0.15, 0.2) is 5.17 Å². The fourth-order valence-electron chi connectivity index (χ4n) is 2.41. The third-order valence-electron chi connectivity index (χ3n) is 4.35. The molecule has 0 aliphatic carbocycles. The first-order valence-electron chi connectivity index (χ1n) is 7.63. The summed E-state index contributed by atoms with van der Waals surface area (Å²) in [4.78, 5) is 4.75. The molecule has 2 heterocycles. The fraction of sp³-hybridized carbons (Fsp3) is 0.688. The molecule has 1 aliphatic rings. The van der Waals surface area contributed by atoms with Gasteiger partial charge in [-0.15, -0.1) is 0 Å². The van der Waals surface area contributed by atoms with Gasteiger partial charge in [0.05, 0.1) is 6.26 Å². The Labute approximate surface area is 126 Å². The number of rotatable bonds is 6. The van der Waals surface area contributed by atoms with Crippen LogP contribution in [0, 0.1) is 5.41 Å². The Bertz CT molecular complexity index is 424. The second-order valence-electron chi connectivity index (χ2n) is 5.78. The van der Waals surface area contributed by atoms with Crippen LogP contribution in [0.2, 0.25) is 0 Å². The first kappa shape index (κ1) is 15.5. The van der Waals surface area contributed by atoms with Crippen LogP contribution in [0.25, 0.3) is 0 Å². The van der Waals surface area contributed by atoms with Gasteiger partial charge in [-0.2, -0.15) is 0 Å².